The Labute approximate surface area is 99.2 Å². The summed E-state index contributed by atoms with van der Waals surface area (Å²) in [7, 11) is 0. The second-order valence-electron chi connectivity index (χ2n) is 4.48. The van der Waals surface area contributed by atoms with Gasteiger partial charge in [-0.25, -0.2) is 4.79 Å². The molecule has 3 aliphatic rings. The van der Waals surface area contributed by atoms with Crippen molar-refractivity contribution in [3.05, 3.63) is 35.9 Å². The fourth-order valence-corrected chi connectivity index (χ4v) is 2.49. The van der Waals surface area contributed by atoms with Crippen LogP contribution in [0.1, 0.15) is 23.2 Å². The number of ether oxygens (including phenoxy) is 1. The predicted molar refractivity (Wildman–Crippen MR) is 60.4 cm³/mol. The zero-order valence-corrected chi connectivity index (χ0v) is 9.33. The molecule has 3 aliphatic heterocycles. The number of fused-ring (bicyclic) bond motifs is 3. The maximum absolute atomic E-state index is 12.3. The Bertz CT molecular complexity index is 457. The van der Waals surface area contributed by atoms with Gasteiger partial charge in [0.1, 0.15) is 12.1 Å². The summed E-state index contributed by atoms with van der Waals surface area (Å²) in [4.78, 5) is 25.5. The van der Waals surface area contributed by atoms with Gasteiger partial charge in [-0.1, -0.05) is 18.2 Å². The van der Waals surface area contributed by atoms with E-state index in [2.05, 4.69) is 0 Å². The van der Waals surface area contributed by atoms with Gasteiger partial charge in [-0.15, -0.1) is 0 Å². The number of esters is 1. The number of carbonyl (C=O) groups excluding carboxylic acids is 2. The average Bonchev–Trinajstić information content (AvgIpc) is 2.39. The number of piperidine rings is 1. The first kappa shape index (κ1) is 10.3. The lowest BCUT2D eigenvalue weighted by Gasteiger charge is -2.43. The molecule has 0 saturated carbocycles. The summed E-state index contributed by atoms with van der Waals surface area (Å²) in [6.45, 7) is 0.532. The molecule has 17 heavy (non-hydrogen) atoms. The van der Waals surface area contributed by atoms with E-state index in [1.54, 1.807) is 17.0 Å². The van der Waals surface area contributed by atoms with Crippen LogP contribution in [0.2, 0.25) is 0 Å². The standard InChI is InChI=1S/C13H13NO3/c15-12(9-4-2-1-3-5-9)14-8-10-6-7-11(14)13(16)17-10/h1-5,10-11H,6-8H2/t10-,11-/m0/s1. The van der Waals surface area contributed by atoms with Crippen molar-refractivity contribution >= 4 is 11.9 Å². The second-order valence-corrected chi connectivity index (χ2v) is 4.48. The molecule has 0 unspecified atom stereocenters. The minimum atomic E-state index is -0.382. The molecule has 3 fully saturated rings. The maximum atomic E-state index is 12.3. The molecule has 0 aliphatic carbocycles. The Morgan fingerprint density at radius 2 is 2.00 bits per heavy atom. The zero-order valence-electron chi connectivity index (χ0n) is 9.33. The van der Waals surface area contributed by atoms with Crippen molar-refractivity contribution in [1.29, 1.82) is 0 Å². The van der Waals surface area contributed by atoms with Crippen molar-refractivity contribution < 1.29 is 14.3 Å². The van der Waals surface area contributed by atoms with Crippen molar-refractivity contribution in [3.8, 4) is 0 Å². The van der Waals surface area contributed by atoms with Gasteiger partial charge in [-0.05, 0) is 25.0 Å². The highest BCUT2D eigenvalue weighted by Gasteiger charge is 2.43. The van der Waals surface area contributed by atoms with Crippen molar-refractivity contribution in [1.82, 2.24) is 4.90 Å². The number of nitrogens with zero attached hydrogens (tertiary/aromatic N) is 1. The molecule has 4 heteroatoms. The summed E-state index contributed by atoms with van der Waals surface area (Å²) in [5.74, 6) is -0.325. The van der Waals surface area contributed by atoms with Crippen molar-refractivity contribution in [2.24, 2.45) is 0 Å². The highest BCUT2D eigenvalue weighted by atomic mass is 16.6. The van der Waals surface area contributed by atoms with Crippen LogP contribution in [0, 0.1) is 0 Å². The molecule has 88 valence electrons. The van der Waals surface area contributed by atoms with E-state index in [0.29, 0.717) is 12.1 Å². The first-order valence-corrected chi connectivity index (χ1v) is 5.82. The van der Waals surface area contributed by atoms with Crippen LogP contribution < -0.4 is 0 Å². The van der Waals surface area contributed by atoms with Crippen LogP contribution in [0.25, 0.3) is 0 Å². The molecule has 3 heterocycles. The molecule has 1 amide bonds. The van der Waals surface area contributed by atoms with Gasteiger partial charge in [-0.2, -0.15) is 0 Å². The summed E-state index contributed by atoms with van der Waals surface area (Å²) in [6, 6.07) is 8.69. The van der Waals surface area contributed by atoms with Gasteiger partial charge in [0.2, 0.25) is 0 Å². The smallest absolute Gasteiger partial charge is 0.329 e. The minimum absolute atomic E-state index is 0.0723. The Morgan fingerprint density at radius 3 is 2.65 bits per heavy atom. The topological polar surface area (TPSA) is 46.6 Å². The fourth-order valence-electron chi connectivity index (χ4n) is 2.49. The molecule has 4 nitrogen and oxygen atoms in total. The highest BCUT2D eigenvalue weighted by Crippen LogP contribution is 2.28. The third-order valence-electron chi connectivity index (χ3n) is 3.38. The Kier molecular flexibility index (Phi) is 2.35. The van der Waals surface area contributed by atoms with Gasteiger partial charge in [0.15, 0.2) is 0 Å². The van der Waals surface area contributed by atoms with Crippen LogP contribution in [0.15, 0.2) is 30.3 Å². The van der Waals surface area contributed by atoms with E-state index in [1.807, 2.05) is 18.2 Å². The first-order valence-electron chi connectivity index (χ1n) is 5.82. The van der Waals surface area contributed by atoms with Crippen LogP contribution in [-0.2, 0) is 9.53 Å². The zero-order chi connectivity index (χ0) is 11.8. The number of amides is 1. The number of hydrogen-bond acceptors (Lipinski definition) is 3. The molecule has 2 bridgehead atoms. The molecule has 4 rings (SSSR count). The SMILES string of the molecule is O=C1O[C@H]2CC[C@@H]1N(C(=O)c1ccccc1)C2. The predicted octanol–water partition coefficient (Wildman–Crippen LogP) is 1.22. The largest absolute Gasteiger partial charge is 0.459 e. The Morgan fingerprint density at radius 1 is 1.24 bits per heavy atom. The Hall–Kier alpha value is -1.84. The Balaban J connectivity index is 1.86. The summed E-state index contributed by atoms with van der Waals surface area (Å²) in [5.41, 5.74) is 0.632. The molecule has 0 radical (unpaired) electrons. The molecule has 0 aromatic heterocycles. The van der Waals surface area contributed by atoms with Crippen molar-refractivity contribution in [2.45, 2.75) is 25.0 Å². The summed E-state index contributed by atoms with van der Waals surface area (Å²) < 4.78 is 5.17. The second kappa shape index (κ2) is 3.87. The van der Waals surface area contributed by atoms with Crippen LogP contribution in [0.3, 0.4) is 0 Å². The van der Waals surface area contributed by atoms with Gasteiger partial charge in [0, 0.05) is 5.56 Å². The number of carbonyl (C=O) groups is 2. The molecular weight excluding hydrogens is 218 g/mol. The van der Waals surface area contributed by atoms with E-state index in [4.69, 9.17) is 4.74 Å². The van der Waals surface area contributed by atoms with Gasteiger partial charge >= 0.3 is 5.97 Å². The molecule has 2 atom stereocenters. The quantitative estimate of drug-likeness (QED) is 0.683. The van der Waals surface area contributed by atoms with Crippen LogP contribution in [0.5, 0.6) is 0 Å². The third-order valence-corrected chi connectivity index (χ3v) is 3.38. The van der Waals surface area contributed by atoms with E-state index in [0.717, 1.165) is 12.8 Å². The van der Waals surface area contributed by atoms with Gasteiger partial charge in [0.25, 0.3) is 5.91 Å². The molecule has 1 aromatic carbocycles. The van der Waals surface area contributed by atoms with Crippen molar-refractivity contribution in [2.75, 3.05) is 6.54 Å². The van der Waals surface area contributed by atoms with Crippen LogP contribution in [0.4, 0.5) is 0 Å². The van der Waals surface area contributed by atoms with Gasteiger partial charge in [0.05, 0.1) is 6.54 Å². The lowest BCUT2D eigenvalue weighted by molar-refractivity contribution is -0.172. The molecule has 0 spiro atoms. The summed E-state index contributed by atoms with van der Waals surface area (Å²) >= 11 is 0. The minimum Gasteiger partial charge on any atom is -0.459 e. The van der Waals surface area contributed by atoms with E-state index in [1.165, 1.54) is 0 Å². The fraction of sp³-hybridized carbons (Fsp3) is 0.385. The van der Waals surface area contributed by atoms with Crippen LogP contribution >= 0.6 is 0 Å². The van der Waals surface area contributed by atoms with Crippen LogP contribution in [-0.4, -0.2) is 35.5 Å². The van der Waals surface area contributed by atoms with Crippen molar-refractivity contribution in [3.63, 3.8) is 0 Å². The third kappa shape index (κ3) is 1.69. The van der Waals surface area contributed by atoms with E-state index < -0.39 is 0 Å². The highest BCUT2D eigenvalue weighted by molar-refractivity contribution is 5.97. The van der Waals surface area contributed by atoms with E-state index >= 15 is 0 Å². The molecule has 0 N–H and O–H groups in total. The van der Waals surface area contributed by atoms with Gasteiger partial charge in [-0.3, -0.25) is 4.79 Å². The number of rotatable bonds is 1. The maximum Gasteiger partial charge on any atom is 0.329 e. The van der Waals surface area contributed by atoms with E-state index in [-0.39, 0.29) is 24.0 Å². The summed E-state index contributed by atoms with van der Waals surface area (Å²) in [6.07, 6.45) is 1.48. The monoisotopic (exact) mass is 231 g/mol. The summed E-state index contributed by atoms with van der Waals surface area (Å²) in [5, 5.41) is 0. The number of morpholine rings is 1. The lowest BCUT2D eigenvalue weighted by atomic mass is 9.95. The molecular formula is C13H13NO3. The normalized spacial score (nSPS) is 26.8. The lowest BCUT2D eigenvalue weighted by Crippen LogP contribution is -2.59. The van der Waals surface area contributed by atoms with Gasteiger partial charge < -0.3 is 9.64 Å². The number of benzene rings is 1. The molecule has 1 aromatic rings. The molecule has 3 saturated heterocycles. The average molecular weight is 231 g/mol. The number of hydrogen-bond donors (Lipinski definition) is 0. The first-order chi connectivity index (χ1) is 8.25. The van der Waals surface area contributed by atoms with E-state index in [9.17, 15) is 9.59 Å².